The maximum absolute atomic E-state index is 10.1. The van der Waals surface area contributed by atoms with Gasteiger partial charge in [-0.25, -0.2) is 0 Å². The molecular formula is C33H60Cl6O13Si2. The van der Waals surface area contributed by atoms with E-state index in [9.17, 15) is 25.5 Å². The van der Waals surface area contributed by atoms with Gasteiger partial charge >= 0.3 is 0 Å². The lowest BCUT2D eigenvalue weighted by Crippen LogP contribution is -2.61. The summed E-state index contributed by atoms with van der Waals surface area (Å²) in [4.78, 5) is 0. The average molecular weight is 934 g/mol. The smallest absolute Gasteiger partial charge is 0.214 e. The highest BCUT2D eigenvalue weighted by atomic mass is 35.5. The van der Waals surface area contributed by atoms with E-state index in [1.165, 1.54) is 0 Å². The number of aliphatic hydroxyl groups is 5. The number of ether oxygens (including phenoxy) is 6. The third-order valence-corrected chi connectivity index (χ3v) is 14.7. The first-order valence-electron chi connectivity index (χ1n) is 18.1. The highest BCUT2D eigenvalue weighted by Gasteiger charge is 2.59. The SMILES string of the molecule is CC1[C@@H](O[C@]2(CCl)O[C@H](CCl)C(O[Si](C)(C)C)[C@H]2C)OC(CO[Si](C)(C)C)[C@H](Cl)[C@@H]1C.OCC1O[C@H](O[C@]2(CCl)O[C@H](CCl)C(O)[C@H]2O)C(O)[C@@H](O)[C@H]1Cl. The van der Waals surface area contributed by atoms with Crippen LogP contribution in [0.15, 0.2) is 0 Å². The number of aliphatic hydroxyl groups excluding tert-OH is 5. The average Bonchev–Trinajstić information content (AvgIpc) is 3.51. The van der Waals surface area contributed by atoms with Gasteiger partial charge in [0.25, 0.3) is 0 Å². The van der Waals surface area contributed by atoms with E-state index in [4.69, 9.17) is 107 Å². The summed E-state index contributed by atoms with van der Waals surface area (Å²) in [7, 11) is -3.52. The van der Waals surface area contributed by atoms with Crippen LogP contribution in [0, 0.1) is 17.8 Å². The molecule has 54 heavy (non-hydrogen) atoms. The Bertz CT molecular complexity index is 1160. The van der Waals surface area contributed by atoms with Gasteiger partial charge in [-0.1, -0.05) is 20.8 Å². The Morgan fingerprint density at radius 2 is 1.17 bits per heavy atom. The van der Waals surface area contributed by atoms with Crippen molar-refractivity contribution in [2.45, 2.75) is 150 Å². The van der Waals surface area contributed by atoms with Crippen molar-refractivity contribution >= 4 is 86.2 Å². The molecule has 0 spiro atoms. The Labute approximate surface area is 351 Å². The van der Waals surface area contributed by atoms with Gasteiger partial charge in [0, 0.05) is 11.8 Å². The van der Waals surface area contributed by atoms with Crippen LogP contribution in [0.4, 0.5) is 0 Å². The van der Waals surface area contributed by atoms with Crippen LogP contribution in [0.2, 0.25) is 39.3 Å². The minimum absolute atomic E-state index is 0.0629. The van der Waals surface area contributed by atoms with Gasteiger partial charge in [-0.05, 0) is 45.2 Å². The molecule has 0 aromatic rings. The standard InChI is InChI=1S/C21H41Cl3O5Si2.C12H19Cl3O8/c1-13-14(2)20(26-17(18(13)24)11-25-30(4,5)6)28-21(12-23)15(3)19(16(10-22)27-21)29-31(7,8)9;13-1-4-7(17)10(20)12(3-14,22-4)23-11-9(19)8(18)6(15)5(2-16)21-11/h13-20H,10-12H2,1-9H3;4-11,16-20H,1-3H2/t13-,14?,15-,16-,17?,18-,19?,20-,21+;4-,5?,6+,7?,8+,9?,10-,11-,12+/m11/s1. The van der Waals surface area contributed by atoms with Gasteiger partial charge in [-0.2, -0.15) is 0 Å². The molecule has 4 rings (SSSR count). The minimum atomic E-state index is -1.90. The van der Waals surface area contributed by atoms with Crippen molar-refractivity contribution in [1.82, 2.24) is 0 Å². The molecule has 4 heterocycles. The van der Waals surface area contributed by atoms with E-state index in [1.54, 1.807) is 0 Å². The molecule has 4 aliphatic heterocycles. The summed E-state index contributed by atoms with van der Waals surface area (Å²) in [5, 5.41) is 48.0. The number of hydrogen-bond donors (Lipinski definition) is 5. The van der Waals surface area contributed by atoms with Crippen LogP contribution in [0.25, 0.3) is 0 Å². The normalized spacial score (nSPS) is 46.0. The fraction of sp³-hybridized carbons (Fsp3) is 1.00. The molecule has 0 aliphatic carbocycles. The van der Waals surface area contributed by atoms with Gasteiger partial charge in [-0.15, -0.1) is 69.6 Å². The minimum Gasteiger partial charge on any atom is -0.415 e. The van der Waals surface area contributed by atoms with Gasteiger partial charge in [-0.3, -0.25) is 0 Å². The van der Waals surface area contributed by atoms with E-state index in [-0.39, 0.29) is 53.2 Å². The molecule has 4 saturated heterocycles. The van der Waals surface area contributed by atoms with Gasteiger partial charge in [0.15, 0.2) is 35.0 Å². The third kappa shape index (κ3) is 11.7. The van der Waals surface area contributed by atoms with E-state index >= 15 is 0 Å². The Kier molecular flexibility index (Phi) is 19.0. The second-order valence-corrected chi connectivity index (χ2v) is 27.6. The predicted molar refractivity (Wildman–Crippen MR) is 213 cm³/mol. The molecule has 4 aliphatic rings. The Morgan fingerprint density at radius 1 is 0.630 bits per heavy atom. The van der Waals surface area contributed by atoms with Gasteiger partial charge in [0.2, 0.25) is 5.79 Å². The Balaban J connectivity index is 0.000000303. The van der Waals surface area contributed by atoms with Crippen molar-refractivity contribution in [3.63, 3.8) is 0 Å². The molecule has 0 radical (unpaired) electrons. The molecule has 0 aromatic heterocycles. The lowest BCUT2D eigenvalue weighted by atomic mass is 9.86. The predicted octanol–water partition coefficient (Wildman–Crippen LogP) is 4.23. The first kappa shape index (κ1) is 50.0. The summed E-state index contributed by atoms with van der Waals surface area (Å²) in [6.07, 6.45) is -10.6. The third-order valence-electron chi connectivity index (χ3n) is 10.1. The van der Waals surface area contributed by atoms with Gasteiger partial charge < -0.3 is 62.8 Å². The van der Waals surface area contributed by atoms with Crippen LogP contribution >= 0.6 is 69.6 Å². The van der Waals surface area contributed by atoms with Crippen molar-refractivity contribution in [3.05, 3.63) is 0 Å². The van der Waals surface area contributed by atoms with Crippen LogP contribution in [0.5, 0.6) is 0 Å². The summed E-state index contributed by atoms with van der Waals surface area (Å²) in [6.45, 7) is 19.1. The van der Waals surface area contributed by atoms with Crippen LogP contribution in [0.3, 0.4) is 0 Å². The molecule has 13 nitrogen and oxygen atoms in total. The Morgan fingerprint density at radius 3 is 1.65 bits per heavy atom. The molecular weight excluding hydrogens is 873 g/mol. The largest absolute Gasteiger partial charge is 0.415 e. The van der Waals surface area contributed by atoms with Crippen molar-refractivity contribution in [3.8, 4) is 0 Å². The summed E-state index contributed by atoms with van der Waals surface area (Å²) in [5.41, 5.74) is 0. The van der Waals surface area contributed by atoms with E-state index in [1.807, 2.05) is 0 Å². The summed E-state index contributed by atoms with van der Waals surface area (Å²) in [6, 6.07) is 0. The van der Waals surface area contributed by atoms with E-state index in [2.05, 4.69) is 60.1 Å². The zero-order valence-electron chi connectivity index (χ0n) is 32.3. The zero-order chi connectivity index (χ0) is 41.1. The van der Waals surface area contributed by atoms with Crippen LogP contribution in [0.1, 0.15) is 20.8 Å². The van der Waals surface area contributed by atoms with Gasteiger partial charge in [0.1, 0.15) is 36.6 Å². The number of alkyl halides is 6. The molecule has 320 valence electrons. The van der Waals surface area contributed by atoms with E-state index in [0.29, 0.717) is 12.5 Å². The molecule has 18 atom stereocenters. The molecule has 0 bridgehead atoms. The van der Waals surface area contributed by atoms with Crippen molar-refractivity contribution in [2.24, 2.45) is 17.8 Å². The van der Waals surface area contributed by atoms with Crippen LogP contribution in [-0.2, 0) is 37.3 Å². The van der Waals surface area contributed by atoms with Crippen molar-refractivity contribution < 1.29 is 62.8 Å². The molecule has 0 aromatic carbocycles. The quantitative estimate of drug-likeness (QED) is 0.124. The van der Waals surface area contributed by atoms with Crippen LogP contribution < -0.4 is 0 Å². The maximum atomic E-state index is 10.1. The lowest BCUT2D eigenvalue weighted by Gasteiger charge is -2.46. The van der Waals surface area contributed by atoms with Crippen LogP contribution in [-0.4, -0.2) is 169 Å². The molecule has 6 unspecified atom stereocenters. The van der Waals surface area contributed by atoms with Crippen molar-refractivity contribution in [2.75, 3.05) is 36.7 Å². The number of rotatable bonds is 14. The summed E-state index contributed by atoms with van der Waals surface area (Å²) < 4.78 is 48.0. The van der Waals surface area contributed by atoms with Crippen molar-refractivity contribution in [1.29, 1.82) is 0 Å². The fourth-order valence-corrected chi connectivity index (χ4v) is 10.3. The first-order chi connectivity index (χ1) is 24.9. The van der Waals surface area contributed by atoms with E-state index in [0.717, 1.165) is 0 Å². The van der Waals surface area contributed by atoms with Gasteiger partial charge in [0.05, 0.1) is 65.8 Å². The fourth-order valence-electron chi connectivity index (χ4n) is 6.63. The number of halogens is 6. The summed E-state index contributed by atoms with van der Waals surface area (Å²) in [5.74, 6) is -2.85. The zero-order valence-corrected chi connectivity index (χ0v) is 38.8. The second-order valence-electron chi connectivity index (χ2n) is 16.4. The number of hydrogen-bond acceptors (Lipinski definition) is 13. The summed E-state index contributed by atoms with van der Waals surface area (Å²) >= 11 is 36.8. The maximum Gasteiger partial charge on any atom is 0.214 e. The molecule has 0 saturated carbocycles. The molecule has 0 amide bonds. The lowest BCUT2D eigenvalue weighted by molar-refractivity contribution is -0.357. The monoisotopic (exact) mass is 930 g/mol. The molecule has 21 heteroatoms. The molecule has 5 N–H and O–H groups in total. The highest BCUT2D eigenvalue weighted by Crippen LogP contribution is 2.45. The topological polar surface area (TPSA) is 175 Å². The Hall–Kier alpha value is 1.65. The highest BCUT2D eigenvalue weighted by molar-refractivity contribution is 6.70. The van der Waals surface area contributed by atoms with E-state index < -0.39 is 95.3 Å². The molecule has 4 fully saturated rings. The second kappa shape index (κ2) is 20.5. The first-order valence-corrected chi connectivity index (χ1v) is 28.0.